The lowest BCUT2D eigenvalue weighted by atomic mass is 10.2. The van der Waals surface area contributed by atoms with E-state index in [4.69, 9.17) is 0 Å². The van der Waals surface area contributed by atoms with Gasteiger partial charge in [0.05, 0.1) is 15.8 Å². The standard InChI is InChI=1S/C14H13N3O2S/c1-2-3-9-13(18)16-12(17-14(9)19)8-6-11-10(15-7-8)4-5-20-11/h4-7H,2-3H2,1H3,(H2,16,17,18,19). The number of aromatic nitrogens is 3. The molecule has 3 aromatic rings. The van der Waals surface area contributed by atoms with Crippen molar-refractivity contribution in [1.82, 2.24) is 15.0 Å². The molecule has 0 fully saturated rings. The van der Waals surface area contributed by atoms with Crippen LogP contribution in [0.3, 0.4) is 0 Å². The summed E-state index contributed by atoms with van der Waals surface area (Å²) in [7, 11) is 0. The van der Waals surface area contributed by atoms with Crippen molar-refractivity contribution in [2.75, 3.05) is 0 Å². The fraction of sp³-hybridized carbons (Fsp3) is 0.214. The number of nitrogens with one attached hydrogen (secondary N) is 1. The highest BCUT2D eigenvalue weighted by molar-refractivity contribution is 7.17. The van der Waals surface area contributed by atoms with Gasteiger partial charge in [0.2, 0.25) is 5.88 Å². The topological polar surface area (TPSA) is 78.9 Å². The number of thiophene rings is 1. The van der Waals surface area contributed by atoms with E-state index in [1.807, 2.05) is 24.4 Å². The second kappa shape index (κ2) is 5.05. The number of fused-ring (bicyclic) bond motifs is 1. The maximum absolute atomic E-state index is 12.0. The van der Waals surface area contributed by atoms with E-state index in [9.17, 15) is 9.90 Å². The molecule has 0 aliphatic rings. The molecule has 0 aliphatic carbocycles. The van der Waals surface area contributed by atoms with Crippen molar-refractivity contribution in [3.8, 4) is 17.3 Å². The van der Waals surface area contributed by atoms with Gasteiger partial charge in [-0.2, -0.15) is 4.98 Å². The molecular weight excluding hydrogens is 274 g/mol. The van der Waals surface area contributed by atoms with Gasteiger partial charge in [-0.25, -0.2) is 0 Å². The fourth-order valence-corrected chi connectivity index (χ4v) is 2.85. The minimum atomic E-state index is -0.291. The largest absolute Gasteiger partial charge is 0.493 e. The first-order valence-electron chi connectivity index (χ1n) is 6.35. The monoisotopic (exact) mass is 287 g/mol. The molecule has 20 heavy (non-hydrogen) atoms. The van der Waals surface area contributed by atoms with Gasteiger partial charge in [0.25, 0.3) is 5.56 Å². The minimum Gasteiger partial charge on any atom is -0.493 e. The highest BCUT2D eigenvalue weighted by atomic mass is 32.1. The van der Waals surface area contributed by atoms with Crippen LogP contribution in [0.1, 0.15) is 18.9 Å². The molecule has 5 nitrogen and oxygen atoms in total. The summed E-state index contributed by atoms with van der Waals surface area (Å²) in [6.45, 7) is 1.95. The van der Waals surface area contributed by atoms with Crippen molar-refractivity contribution in [2.45, 2.75) is 19.8 Å². The van der Waals surface area contributed by atoms with Crippen molar-refractivity contribution in [1.29, 1.82) is 0 Å². The number of aromatic hydroxyl groups is 1. The van der Waals surface area contributed by atoms with Crippen molar-refractivity contribution in [3.63, 3.8) is 0 Å². The highest BCUT2D eigenvalue weighted by Crippen LogP contribution is 2.24. The first-order chi connectivity index (χ1) is 9.69. The van der Waals surface area contributed by atoms with Crippen LogP contribution < -0.4 is 5.56 Å². The molecule has 3 heterocycles. The summed E-state index contributed by atoms with van der Waals surface area (Å²) >= 11 is 1.57. The van der Waals surface area contributed by atoms with Gasteiger partial charge in [0, 0.05) is 11.8 Å². The lowest BCUT2D eigenvalue weighted by Crippen LogP contribution is -2.15. The predicted octanol–water partition coefficient (Wildman–Crippen LogP) is 2.70. The van der Waals surface area contributed by atoms with Gasteiger partial charge in [-0.3, -0.25) is 9.78 Å². The number of rotatable bonds is 3. The van der Waals surface area contributed by atoms with Crippen LogP contribution in [0.25, 0.3) is 21.6 Å². The average molecular weight is 287 g/mol. The number of aromatic amines is 1. The van der Waals surface area contributed by atoms with Crippen molar-refractivity contribution >= 4 is 21.6 Å². The Morgan fingerprint density at radius 3 is 3.05 bits per heavy atom. The Morgan fingerprint density at radius 1 is 1.45 bits per heavy atom. The molecule has 0 radical (unpaired) electrons. The molecule has 0 saturated carbocycles. The SMILES string of the molecule is CCCc1c(O)nc(-c2cnc3ccsc3c2)[nH]c1=O. The number of nitrogens with zero attached hydrogens (tertiary/aromatic N) is 2. The number of H-pyrrole nitrogens is 1. The van der Waals surface area contributed by atoms with E-state index in [0.717, 1.165) is 16.6 Å². The number of hydrogen-bond donors (Lipinski definition) is 2. The van der Waals surface area contributed by atoms with Crippen LogP contribution in [-0.4, -0.2) is 20.1 Å². The maximum Gasteiger partial charge on any atom is 0.258 e. The van der Waals surface area contributed by atoms with E-state index in [-0.39, 0.29) is 11.4 Å². The molecule has 0 saturated heterocycles. The van der Waals surface area contributed by atoms with Crippen LogP contribution >= 0.6 is 11.3 Å². The quantitative estimate of drug-likeness (QED) is 0.776. The van der Waals surface area contributed by atoms with Crippen LogP contribution in [0.4, 0.5) is 0 Å². The normalized spacial score (nSPS) is 11.1. The molecule has 0 bridgehead atoms. The molecular formula is C14H13N3O2S. The van der Waals surface area contributed by atoms with E-state index < -0.39 is 0 Å². The minimum absolute atomic E-state index is 0.197. The Bertz CT molecular complexity index is 823. The Hall–Kier alpha value is -2.21. The Labute approximate surface area is 119 Å². The summed E-state index contributed by atoms with van der Waals surface area (Å²) in [6.07, 6.45) is 2.93. The molecule has 0 aromatic carbocycles. The summed E-state index contributed by atoms with van der Waals surface area (Å²) < 4.78 is 1.02. The maximum atomic E-state index is 12.0. The van der Waals surface area contributed by atoms with E-state index in [2.05, 4.69) is 15.0 Å². The molecule has 0 unspecified atom stereocenters. The van der Waals surface area contributed by atoms with Crippen LogP contribution in [0.5, 0.6) is 5.88 Å². The van der Waals surface area contributed by atoms with E-state index in [1.165, 1.54) is 0 Å². The van der Waals surface area contributed by atoms with E-state index in [1.54, 1.807) is 17.5 Å². The lowest BCUT2D eigenvalue weighted by molar-refractivity contribution is 0.443. The van der Waals surface area contributed by atoms with Crippen LogP contribution in [-0.2, 0) is 6.42 Å². The van der Waals surface area contributed by atoms with E-state index in [0.29, 0.717) is 23.4 Å². The fourth-order valence-electron chi connectivity index (χ4n) is 2.07. The van der Waals surface area contributed by atoms with Gasteiger partial charge in [-0.1, -0.05) is 13.3 Å². The lowest BCUT2D eigenvalue weighted by Gasteiger charge is -2.05. The van der Waals surface area contributed by atoms with Gasteiger partial charge >= 0.3 is 0 Å². The molecule has 2 N–H and O–H groups in total. The third-order valence-electron chi connectivity index (χ3n) is 3.07. The Morgan fingerprint density at radius 2 is 2.30 bits per heavy atom. The van der Waals surface area contributed by atoms with Crippen molar-refractivity contribution in [3.05, 3.63) is 39.6 Å². The van der Waals surface area contributed by atoms with Gasteiger partial charge in [-0.05, 0) is 23.9 Å². The second-order valence-corrected chi connectivity index (χ2v) is 5.44. The van der Waals surface area contributed by atoms with Crippen molar-refractivity contribution < 1.29 is 5.11 Å². The molecule has 3 aromatic heterocycles. The third-order valence-corrected chi connectivity index (χ3v) is 3.92. The number of hydrogen-bond acceptors (Lipinski definition) is 5. The molecule has 0 amide bonds. The molecule has 3 rings (SSSR count). The zero-order valence-electron chi connectivity index (χ0n) is 10.9. The summed E-state index contributed by atoms with van der Waals surface area (Å²) in [4.78, 5) is 23.1. The molecule has 0 spiro atoms. The van der Waals surface area contributed by atoms with Gasteiger partial charge in [0.15, 0.2) is 0 Å². The predicted molar refractivity (Wildman–Crippen MR) is 79.1 cm³/mol. The molecule has 6 heteroatoms. The first kappa shape index (κ1) is 12.8. The van der Waals surface area contributed by atoms with Gasteiger partial charge in [-0.15, -0.1) is 11.3 Å². The van der Waals surface area contributed by atoms with Crippen LogP contribution in [0.2, 0.25) is 0 Å². The summed E-state index contributed by atoms with van der Waals surface area (Å²) in [5, 5.41) is 11.8. The number of pyridine rings is 1. The Balaban J connectivity index is 2.11. The van der Waals surface area contributed by atoms with Gasteiger partial charge < -0.3 is 10.1 Å². The highest BCUT2D eigenvalue weighted by Gasteiger charge is 2.11. The molecule has 0 aliphatic heterocycles. The first-order valence-corrected chi connectivity index (χ1v) is 7.22. The third kappa shape index (κ3) is 2.18. The molecule has 0 atom stereocenters. The van der Waals surface area contributed by atoms with E-state index >= 15 is 0 Å². The zero-order chi connectivity index (χ0) is 14.1. The summed E-state index contributed by atoms with van der Waals surface area (Å²) in [6, 6.07) is 3.84. The Kier molecular flexibility index (Phi) is 3.23. The van der Waals surface area contributed by atoms with Crippen molar-refractivity contribution in [2.24, 2.45) is 0 Å². The second-order valence-electron chi connectivity index (χ2n) is 4.49. The zero-order valence-corrected chi connectivity index (χ0v) is 11.7. The van der Waals surface area contributed by atoms with Crippen LogP contribution in [0.15, 0.2) is 28.5 Å². The smallest absolute Gasteiger partial charge is 0.258 e. The summed E-state index contributed by atoms with van der Waals surface area (Å²) in [5.74, 6) is 0.145. The average Bonchev–Trinajstić information content (AvgIpc) is 2.90. The molecule has 102 valence electrons. The summed E-state index contributed by atoms with van der Waals surface area (Å²) in [5.41, 5.74) is 1.64. The van der Waals surface area contributed by atoms with Crippen LogP contribution in [0, 0.1) is 0 Å². The van der Waals surface area contributed by atoms with Gasteiger partial charge in [0.1, 0.15) is 5.82 Å².